The minimum absolute atomic E-state index is 0.801. The lowest BCUT2D eigenvalue weighted by molar-refractivity contribution is 0.138. The Bertz CT molecular complexity index is 213. The van der Waals surface area contributed by atoms with Gasteiger partial charge in [0, 0.05) is 18.6 Å². The molecule has 0 saturated heterocycles. The Hall–Kier alpha value is -0.0800. The van der Waals surface area contributed by atoms with Crippen molar-refractivity contribution < 1.29 is 0 Å². The first kappa shape index (κ1) is 13.4. The van der Waals surface area contributed by atoms with Crippen LogP contribution in [0.4, 0.5) is 0 Å². The summed E-state index contributed by atoms with van der Waals surface area (Å²) in [4.78, 5) is 2.76. The van der Waals surface area contributed by atoms with Gasteiger partial charge in [0.2, 0.25) is 0 Å². The lowest BCUT2D eigenvalue weighted by Gasteiger charge is -2.35. The van der Waals surface area contributed by atoms with Gasteiger partial charge in [0.15, 0.2) is 0 Å². The molecule has 0 aromatic rings. The van der Waals surface area contributed by atoms with Crippen molar-refractivity contribution in [1.29, 1.82) is 0 Å². The second-order valence-corrected chi connectivity index (χ2v) is 6.00. The third kappa shape index (κ3) is 3.69. The standard InChI is InChI=1S/C15H30N2/c1-3-10-16-14-8-9-15(11-14)17(4-2)12-13-6-5-7-13/h13-16H,3-12H2,1-2H3. The third-order valence-electron chi connectivity index (χ3n) is 4.73. The Labute approximate surface area is 107 Å². The van der Waals surface area contributed by atoms with Gasteiger partial charge in [-0.15, -0.1) is 0 Å². The molecule has 0 aromatic heterocycles. The van der Waals surface area contributed by atoms with Gasteiger partial charge in [0.1, 0.15) is 0 Å². The van der Waals surface area contributed by atoms with Crippen LogP contribution in [0.2, 0.25) is 0 Å². The topological polar surface area (TPSA) is 15.3 Å². The molecule has 2 aliphatic carbocycles. The first-order valence-electron chi connectivity index (χ1n) is 7.80. The van der Waals surface area contributed by atoms with Crippen LogP contribution in [0.1, 0.15) is 58.8 Å². The molecule has 100 valence electrons. The van der Waals surface area contributed by atoms with Crippen molar-refractivity contribution in [2.45, 2.75) is 70.9 Å². The van der Waals surface area contributed by atoms with E-state index in [0.29, 0.717) is 0 Å². The molecule has 17 heavy (non-hydrogen) atoms. The van der Waals surface area contributed by atoms with Gasteiger partial charge in [0.25, 0.3) is 0 Å². The van der Waals surface area contributed by atoms with Gasteiger partial charge in [-0.25, -0.2) is 0 Å². The molecular weight excluding hydrogens is 208 g/mol. The highest BCUT2D eigenvalue weighted by Crippen LogP contribution is 2.30. The van der Waals surface area contributed by atoms with Crippen molar-refractivity contribution in [1.82, 2.24) is 10.2 Å². The van der Waals surface area contributed by atoms with E-state index in [-0.39, 0.29) is 0 Å². The number of nitrogens with one attached hydrogen (secondary N) is 1. The molecule has 0 bridgehead atoms. The number of rotatable bonds is 7. The van der Waals surface area contributed by atoms with Crippen molar-refractivity contribution >= 4 is 0 Å². The zero-order chi connectivity index (χ0) is 12.1. The lowest BCUT2D eigenvalue weighted by atomic mass is 9.85. The van der Waals surface area contributed by atoms with Crippen LogP contribution in [0, 0.1) is 5.92 Å². The molecule has 0 aliphatic heterocycles. The molecule has 2 heteroatoms. The van der Waals surface area contributed by atoms with E-state index in [1.165, 1.54) is 64.6 Å². The van der Waals surface area contributed by atoms with Gasteiger partial charge in [0.05, 0.1) is 0 Å². The summed E-state index contributed by atoms with van der Waals surface area (Å²) in [6, 6.07) is 1.67. The van der Waals surface area contributed by atoms with Crippen LogP contribution in [-0.4, -0.2) is 36.6 Å². The molecule has 0 spiro atoms. The molecule has 2 unspecified atom stereocenters. The molecule has 0 aromatic carbocycles. The summed E-state index contributed by atoms with van der Waals surface area (Å²) in [5, 5.41) is 3.69. The van der Waals surface area contributed by atoms with E-state index < -0.39 is 0 Å². The van der Waals surface area contributed by atoms with Crippen LogP contribution >= 0.6 is 0 Å². The van der Waals surface area contributed by atoms with Gasteiger partial charge in [-0.1, -0.05) is 20.3 Å². The summed E-state index contributed by atoms with van der Waals surface area (Å²) in [6.45, 7) is 8.43. The molecule has 1 N–H and O–H groups in total. The van der Waals surface area contributed by atoms with E-state index in [9.17, 15) is 0 Å². The highest BCUT2D eigenvalue weighted by molar-refractivity contribution is 4.88. The van der Waals surface area contributed by atoms with Gasteiger partial charge in [-0.3, -0.25) is 0 Å². The summed E-state index contributed by atoms with van der Waals surface area (Å²) in [7, 11) is 0. The summed E-state index contributed by atoms with van der Waals surface area (Å²) in [5.74, 6) is 1.03. The van der Waals surface area contributed by atoms with E-state index in [1.807, 2.05) is 0 Å². The summed E-state index contributed by atoms with van der Waals surface area (Å²) in [6.07, 6.45) is 9.92. The zero-order valence-electron chi connectivity index (χ0n) is 11.8. The first-order valence-corrected chi connectivity index (χ1v) is 7.80. The average molecular weight is 238 g/mol. The van der Waals surface area contributed by atoms with Crippen molar-refractivity contribution in [2.24, 2.45) is 5.92 Å². The van der Waals surface area contributed by atoms with Crippen molar-refractivity contribution in [2.75, 3.05) is 19.6 Å². The quantitative estimate of drug-likeness (QED) is 0.733. The molecule has 0 amide bonds. The average Bonchev–Trinajstić information content (AvgIpc) is 2.74. The number of hydrogen-bond acceptors (Lipinski definition) is 2. The van der Waals surface area contributed by atoms with Crippen LogP contribution in [0.15, 0.2) is 0 Å². The number of nitrogens with zero attached hydrogens (tertiary/aromatic N) is 1. The summed E-state index contributed by atoms with van der Waals surface area (Å²) < 4.78 is 0. The molecule has 2 nitrogen and oxygen atoms in total. The highest BCUT2D eigenvalue weighted by Gasteiger charge is 2.30. The van der Waals surface area contributed by atoms with Gasteiger partial charge in [-0.2, -0.15) is 0 Å². The molecule has 2 saturated carbocycles. The van der Waals surface area contributed by atoms with Crippen LogP contribution in [0.25, 0.3) is 0 Å². The van der Waals surface area contributed by atoms with Crippen LogP contribution < -0.4 is 5.32 Å². The zero-order valence-corrected chi connectivity index (χ0v) is 11.8. The normalized spacial score (nSPS) is 29.8. The Morgan fingerprint density at radius 1 is 1.12 bits per heavy atom. The highest BCUT2D eigenvalue weighted by atomic mass is 15.2. The fourth-order valence-corrected chi connectivity index (χ4v) is 3.37. The third-order valence-corrected chi connectivity index (χ3v) is 4.73. The van der Waals surface area contributed by atoms with E-state index >= 15 is 0 Å². The summed E-state index contributed by atoms with van der Waals surface area (Å²) >= 11 is 0. The Kier molecular flexibility index (Phi) is 5.30. The van der Waals surface area contributed by atoms with Crippen LogP contribution in [0.3, 0.4) is 0 Å². The first-order chi connectivity index (χ1) is 8.33. The minimum atomic E-state index is 0.801. The summed E-state index contributed by atoms with van der Waals surface area (Å²) in [5.41, 5.74) is 0. The molecule has 2 rings (SSSR count). The predicted octanol–water partition coefficient (Wildman–Crippen LogP) is 3.03. The lowest BCUT2D eigenvalue weighted by Crippen LogP contribution is -2.40. The van der Waals surface area contributed by atoms with Gasteiger partial charge in [-0.05, 0) is 57.5 Å². The van der Waals surface area contributed by atoms with E-state index in [1.54, 1.807) is 0 Å². The second-order valence-electron chi connectivity index (χ2n) is 6.00. The maximum absolute atomic E-state index is 3.69. The van der Waals surface area contributed by atoms with E-state index in [0.717, 1.165) is 18.0 Å². The van der Waals surface area contributed by atoms with Gasteiger partial charge < -0.3 is 10.2 Å². The van der Waals surface area contributed by atoms with Gasteiger partial charge >= 0.3 is 0 Å². The van der Waals surface area contributed by atoms with Crippen molar-refractivity contribution in [3.63, 3.8) is 0 Å². The SMILES string of the molecule is CCCNC1CCC(N(CC)CC2CCC2)C1. The Morgan fingerprint density at radius 2 is 1.94 bits per heavy atom. The molecule has 2 fully saturated rings. The maximum atomic E-state index is 3.69. The fraction of sp³-hybridized carbons (Fsp3) is 1.00. The predicted molar refractivity (Wildman–Crippen MR) is 74.3 cm³/mol. The number of hydrogen-bond donors (Lipinski definition) is 1. The minimum Gasteiger partial charge on any atom is -0.314 e. The van der Waals surface area contributed by atoms with Crippen LogP contribution in [-0.2, 0) is 0 Å². The van der Waals surface area contributed by atoms with Crippen LogP contribution in [0.5, 0.6) is 0 Å². The second kappa shape index (κ2) is 6.75. The van der Waals surface area contributed by atoms with Crippen molar-refractivity contribution in [3.05, 3.63) is 0 Å². The monoisotopic (exact) mass is 238 g/mol. The van der Waals surface area contributed by atoms with E-state index in [4.69, 9.17) is 0 Å². The Balaban J connectivity index is 1.72. The molecular formula is C15H30N2. The largest absolute Gasteiger partial charge is 0.314 e. The molecule has 2 atom stereocenters. The maximum Gasteiger partial charge on any atom is 0.0111 e. The molecule has 0 radical (unpaired) electrons. The van der Waals surface area contributed by atoms with Crippen molar-refractivity contribution in [3.8, 4) is 0 Å². The molecule has 2 aliphatic rings. The van der Waals surface area contributed by atoms with E-state index in [2.05, 4.69) is 24.1 Å². The molecule has 0 heterocycles. The Morgan fingerprint density at radius 3 is 2.53 bits per heavy atom. The fourth-order valence-electron chi connectivity index (χ4n) is 3.37. The smallest absolute Gasteiger partial charge is 0.0111 e.